The van der Waals surface area contributed by atoms with E-state index in [0.29, 0.717) is 19.8 Å². The predicted molar refractivity (Wildman–Crippen MR) is 67.7 cm³/mol. The SMILES string of the molecule is C#CCOCCCCCNC(=O)OC(C)(C)C. The summed E-state index contributed by atoms with van der Waals surface area (Å²) in [6.45, 7) is 7.21. The molecule has 17 heavy (non-hydrogen) atoms. The van der Waals surface area contributed by atoms with E-state index < -0.39 is 5.60 Å². The van der Waals surface area contributed by atoms with Gasteiger partial charge in [0.05, 0.1) is 0 Å². The lowest BCUT2D eigenvalue weighted by molar-refractivity contribution is 0.0526. The lowest BCUT2D eigenvalue weighted by atomic mass is 10.2. The second kappa shape index (κ2) is 8.89. The van der Waals surface area contributed by atoms with Gasteiger partial charge in [-0.1, -0.05) is 5.92 Å². The third-order valence-corrected chi connectivity index (χ3v) is 1.82. The van der Waals surface area contributed by atoms with Crippen LogP contribution in [0.1, 0.15) is 40.0 Å². The van der Waals surface area contributed by atoms with Gasteiger partial charge in [-0.3, -0.25) is 0 Å². The molecule has 0 aliphatic rings. The van der Waals surface area contributed by atoms with E-state index in [1.807, 2.05) is 20.8 Å². The van der Waals surface area contributed by atoms with Crippen molar-refractivity contribution in [3.63, 3.8) is 0 Å². The summed E-state index contributed by atoms with van der Waals surface area (Å²) in [5.74, 6) is 2.41. The van der Waals surface area contributed by atoms with Gasteiger partial charge in [0.1, 0.15) is 12.2 Å². The average molecular weight is 241 g/mol. The third-order valence-electron chi connectivity index (χ3n) is 1.82. The van der Waals surface area contributed by atoms with Crippen LogP contribution in [0.3, 0.4) is 0 Å². The minimum atomic E-state index is -0.437. The Morgan fingerprint density at radius 3 is 2.59 bits per heavy atom. The fraction of sp³-hybridized carbons (Fsp3) is 0.769. The van der Waals surface area contributed by atoms with E-state index in [9.17, 15) is 4.79 Å². The Balaban J connectivity index is 3.29. The number of amides is 1. The standard InChI is InChI=1S/C13H23NO3/c1-5-10-16-11-8-6-7-9-14-12(15)17-13(2,3)4/h1H,6-11H2,2-4H3,(H,14,15). The lowest BCUT2D eigenvalue weighted by Crippen LogP contribution is -2.33. The van der Waals surface area contributed by atoms with Crippen molar-refractivity contribution in [1.29, 1.82) is 0 Å². The van der Waals surface area contributed by atoms with Crippen molar-refractivity contribution < 1.29 is 14.3 Å². The smallest absolute Gasteiger partial charge is 0.407 e. The minimum absolute atomic E-state index is 0.360. The largest absolute Gasteiger partial charge is 0.444 e. The molecule has 0 saturated carbocycles. The molecular weight excluding hydrogens is 218 g/mol. The Morgan fingerprint density at radius 2 is 2.00 bits per heavy atom. The van der Waals surface area contributed by atoms with Gasteiger partial charge in [0.25, 0.3) is 0 Å². The number of terminal acetylenes is 1. The number of rotatable bonds is 7. The number of alkyl carbamates (subject to hydrolysis) is 1. The highest BCUT2D eigenvalue weighted by molar-refractivity contribution is 5.67. The van der Waals surface area contributed by atoms with Crippen molar-refractivity contribution in [2.75, 3.05) is 19.8 Å². The fourth-order valence-corrected chi connectivity index (χ4v) is 1.14. The van der Waals surface area contributed by atoms with Crippen LogP contribution in [0.2, 0.25) is 0 Å². The van der Waals surface area contributed by atoms with Crippen molar-refractivity contribution >= 4 is 6.09 Å². The van der Waals surface area contributed by atoms with E-state index in [4.69, 9.17) is 15.9 Å². The molecule has 0 saturated heterocycles. The van der Waals surface area contributed by atoms with Crippen LogP contribution in [-0.4, -0.2) is 31.5 Å². The first-order chi connectivity index (χ1) is 7.95. The zero-order chi connectivity index (χ0) is 13.1. The van der Waals surface area contributed by atoms with Gasteiger partial charge in [0, 0.05) is 13.2 Å². The van der Waals surface area contributed by atoms with Gasteiger partial charge >= 0.3 is 6.09 Å². The highest BCUT2D eigenvalue weighted by Gasteiger charge is 2.15. The molecule has 98 valence electrons. The molecule has 4 heteroatoms. The van der Waals surface area contributed by atoms with Crippen molar-refractivity contribution in [3.8, 4) is 12.3 Å². The molecule has 0 aliphatic heterocycles. The number of ether oxygens (including phenoxy) is 2. The lowest BCUT2D eigenvalue weighted by Gasteiger charge is -2.19. The molecule has 0 fully saturated rings. The monoisotopic (exact) mass is 241 g/mol. The molecule has 0 rings (SSSR count). The van der Waals surface area contributed by atoms with Gasteiger partial charge in [-0.05, 0) is 40.0 Å². The van der Waals surface area contributed by atoms with Crippen LogP contribution < -0.4 is 5.32 Å². The molecule has 0 bridgehead atoms. The molecule has 1 N–H and O–H groups in total. The van der Waals surface area contributed by atoms with Gasteiger partial charge in [0.15, 0.2) is 0 Å². The van der Waals surface area contributed by atoms with Crippen LogP contribution in [0.5, 0.6) is 0 Å². The van der Waals surface area contributed by atoms with Crippen LogP contribution in [-0.2, 0) is 9.47 Å². The summed E-state index contributed by atoms with van der Waals surface area (Å²) in [5, 5.41) is 2.71. The number of carbonyl (C=O) groups excluding carboxylic acids is 1. The number of hydrogen-bond acceptors (Lipinski definition) is 3. The molecule has 0 radical (unpaired) electrons. The Hall–Kier alpha value is -1.21. The Bertz CT molecular complexity index is 250. The van der Waals surface area contributed by atoms with Crippen LogP contribution in [0.15, 0.2) is 0 Å². The average Bonchev–Trinajstić information content (AvgIpc) is 2.19. The summed E-state index contributed by atoms with van der Waals surface area (Å²) in [7, 11) is 0. The highest BCUT2D eigenvalue weighted by atomic mass is 16.6. The second-order valence-electron chi connectivity index (χ2n) is 4.75. The van der Waals surface area contributed by atoms with Crippen LogP contribution in [0.25, 0.3) is 0 Å². The molecule has 0 aromatic heterocycles. The van der Waals surface area contributed by atoms with Crippen LogP contribution >= 0.6 is 0 Å². The summed E-state index contributed by atoms with van der Waals surface area (Å²) in [5.41, 5.74) is -0.437. The number of carbonyl (C=O) groups is 1. The molecular formula is C13H23NO3. The first kappa shape index (κ1) is 15.8. The van der Waals surface area contributed by atoms with Crippen LogP contribution in [0.4, 0.5) is 4.79 Å². The summed E-state index contributed by atoms with van der Waals surface area (Å²) in [6, 6.07) is 0. The minimum Gasteiger partial charge on any atom is -0.444 e. The quantitative estimate of drug-likeness (QED) is 0.549. The summed E-state index contributed by atoms with van der Waals surface area (Å²) in [4.78, 5) is 11.3. The molecule has 0 aromatic rings. The molecule has 4 nitrogen and oxygen atoms in total. The van der Waals surface area contributed by atoms with E-state index in [0.717, 1.165) is 19.3 Å². The molecule has 0 unspecified atom stereocenters. The van der Waals surface area contributed by atoms with Crippen LogP contribution in [0, 0.1) is 12.3 Å². The van der Waals surface area contributed by atoms with Gasteiger partial charge < -0.3 is 14.8 Å². The summed E-state index contributed by atoms with van der Waals surface area (Å²) < 4.78 is 10.2. The fourth-order valence-electron chi connectivity index (χ4n) is 1.14. The van der Waals surface area contributed by atoms with E-state index in [1.54, 1.807) is 0 Å². The maximum absolute atomic E-state index is 11.3. The van der Waals surface area contributed by atoms with Crippen molar-refractivity contribution in [3.05, 3.63) is 0 Å². The number of hydrogen-bond donors (Lipinski definition) is 1. The molecule has 0 heterocycles. The summed E-state index contributed by atoms with van der Waals surface area (Å²) >= 11 is 0. The second-order valence-corrected chi connectivity index (χ2v) is 4.75. The van der Waals surface area contributed by atoms with Crippen molar-refractivity contribution in [2.24, 2.45) is 0 Å². The van der Waals surface area contributed by atoms with E-state index in [1.165, 1.54) is 0 Å². The predicted octanol–water partition coefficient (Wildman–Crippen LogP) is 2.33. The molecule has 0 aromatic carbocycles. The Kier molecular flexibility index (Phi) is 8.25. The first-order valence-electron chi connectivity index (χ1n) is 5.94. The molecule has 1 amide bonds. The summed E-state index contributed by atoms with van der Waals surface area (Å²) in [6.07, 6.45) is 7.55. The van der Waals surface area contributed by atoms with Crippen molar-refractivity contribution in [2.45, 2.75) is 45.6 Å². The van der Waals surface area contributed by atoms with Gasteiger partial charge in [-0.25, -0.2) is 4.79 Å². The third kappa shape index (κ3) is 12.7. The Labute approximate surface area is 104 Å². The van der Waals surface area contributed by atoms with E-state index in [2.05, 4.69) is 11.2 Å². The van der Waals surface area contributed by atoms with E-state index in [-0.39, 0.29) is 6.09 Å². The van der Waals surface area contributed by atoms with Gasteiger partial charge in [-0.2, -0.15) is 0 Å². The Morgan fingerprint density at radius 1 is 1.29 bits per heavy atom. The maximum Gasteiger partial charge on any atom is 0.407 e. The number of nitrogens with one attached hydrogen (secondary N) is 1. The first-order valence-corrected chi connectivity index (χ1v) is 5.94. The molecule has 0 aliphatic carbocycles. The normalized spacial score (nSPS) is 10.7. The van der Waals surface area contributed by atoms with Crippen molar-refractivity contribution in [1.82, 2.24) is 5.32 Å². The van der Waals surface area contributed by atoms with E-state index >= 15 is 0 Å². The maximum atomic E-state index is 11.3. The number of unbranched alkanes of at least 4 members (excludes halogenated alkanes) is 2. The molecule has 0 spiro atoms. The molecule has 0 atom stereocenters. The zero-order valence-electron chi connectivity index (χ0n) is 11.0. The topological polar surface area (TPSA) is 47.6 Å². The highest BCUT2D eigenvalue weighted by Crippen LogP contribution is 2.06. The van der Waals surface area contributed by atoms with Gasteiger partial charge in [0.2, 0.25) is 0 Å². The zero-order valence-corrected chi connectivity index (χ0v) is 11.0. The van der Waals surface area contributed by atoms with Gasteiger partial charge in [-0.15, -0.1) is 6.42 Å².